The van der Waals surface area contributed by atoms with Crippen molar-refractivity contribution >= 4 is 0 Å². The van der Waals surface area contributed by atoms with Crippen LogP contribution < -0.4 is 5.73 Å². The van der Waals surface area contributed by atoms with Crippen LogP contribution >= 0.6 is 0 Å². The number of nitrogens with two attached hydrogens (primary N) is 1. The van der Waals surface area contributed by atoms with E-state index >= 15 is 0 Å². The summed E-state index contributed by atoms with van der Waals surface area (Å²) < 4.78 is 2.02. The van der Waals surface area contributed by atoms with Crippen LogP contribution in [0.2, 0.25) is 0 Å². The van der Waals surface area contributed by atoms with Gasteiger partial charge in [-0.15, -0.1) is 0 Å². The van der Waals surface area contributed by atoms with Crippen molar-refractivity contribution < 1.29 is 0 Å². The van der Waals surface area contributed by atoms with Crippen LogP contribution in [-0.4, -0.2) is 9.78 Å². The van der Waals surface area contributed by atoms with E-state index in [2.05, 4.69) is 51.0 Å². The predicted molar refractivity (Wildman–Crippen MR) is 75.0 cm³/mol. The van der Waals surface area contributed by atoms with Gasteiger partial charge in [0, 0.05) is 12.2 Å². The van der Waals surface area contributed by atoms with E-state index in [9.17, 15) is 0 Å². The van der Waals surface area contributed by atoms with Crippen molar-refractivity contribution in [1.29, 1.82) is 0 Å². The fraction of sp³-hybridized carbons (Fsp3) is 0.400. The lowest BCUT2D eigenvalue weighted by molar-refractivity contribution is 0.816. The van der Waals surface area contributed by atoms with E-state index < -0.39 is 0 Å². The van der Waals surface area contributed by atoms with Gasteiger partial charge in [-0.3, -0.25) is 0 Å². The van der Waals surface area contributed by atoms with Crippen LogP contribution in [0.15, 0.2) is 18.2 Å². The van der Waals surface area contributed by atoms with E-state index in [1.807, 2.05) is 4.68 Å². The Kier molecular flexibility index (Phi) is 3.53. The van der Waals surface area contributed by atoms with Crippen LogP contribution in [0.3, 0.4) is 0 Å². The Labute approximate surface area is 109 Å². The summed E-state index contributed by atoms with van der Waals surface area (Å²) in [6, 6.07) is 6.35. The van der Waals surface area contributed by atoms with E-state index in [0.29, 0.717) is 6.54 Å². The second-order valence-electron chi connectivity index (χ2n) is 4.75. The van der Waals surface area contributed by atoms with Crippen LogP contribution in [0.5, 0.6) is 0 Å². The van der Waals surface area contributed by atoms with Gasteiger partial charge in [0.1, 0.15) is 0 Å². The van der Waals surface area contributed by atoms with Gasteiger partial charge in [0.05, 0.1) is 11.4 Å². The summed E-state index contributed by atoms with van der Waals surface area (Å²) >= 11 is 0. The first-order valence-corrected chi connectivity index (χ1v) is 6.43. The number of rotatable bonds is 3. The van der Waals surface area contributed by atoms with Crippen molar-refractivity contribution in [3.8, 4) is 5.69 Å². The highest BCUT2D eigenvalue weighted by Gasteiger charge is 2.13. The van der Waals surface area contributed by atoms with Gasteiger partial charge in [0.15, 0.2) is 0 Å². The zero-order valence-electron chi connectivity index (χ0n) is 11.6. The summed E-state index contributed by atoms with van der Waals surface area (Å²) in [7, 11) is 0. The number of aromatic nitrogens is 2. The van der Waals surface area contributed by atoms with Crippen molar-refractivity contribution in [3.05, 3.63) is 46.3 Å². The minimum Gasteiger partial charge on any atom is -0.326 e. The molecule has 0 radical (unpaired) electrons. The van der Waals surface area contributed by atoms with E-state index in [0.717, 1.165) is 23.4 Å². The van der Waals surface area contributed by atoms with Gasteiger partial charge in [-0.25, -0.2) is 4.68 Å². The minimum absolute atomic E-state index is 0.539. The molecule has 0 aliphatic heterocycles. The smallest absolute Gasteiger partial charge is 0.0693 e. The minimum atomic E-state index is 0.539. The summed E-state index contributed by atoms with van der Waals surface area (Å²) in [4.78, 5) is 0. The van der Waals surface area contributed by atoms with Crippen LogP contribution in [0.1, 0.15) is 35.0 Å². The molecule has 3 nitrogen and oxygen atoms in total. The van der Waals surface area contributed by atoms with Crippen LogP contribution in [-0.2, 0) is 13.0 Å². The van der Waals surface area contributed by atoms with Crippen molar-refractivity contribution in [2.24, 2.45) is 5.73 Å². The monoisotopic (exact) mass is 243 g/mol. The van der Waals surface area contributed by atoms with Gasteiger partial charge < -0.3 is 5.73 Å². The molecule has 1 heterocycles. The Balaban J connectivity index is 2.62. The number of aryl methyl sites for hydroxylation is 2. The second kappa shape index (κ2) is 4.94. The standard InChI is InChI=1S/C15H21N3/c1-5-14-11(3)17-18(12(14)4)15-7-6-10(2)8-13(15)9-16/h6-8H,5,9,16H2,1-4H3. The number of hydrogen-bond donors (Lipinski definition) is 1. The molecular weight excluding hydrogens is 222 g/mol. The lowest BCUT2D eigenvalue weighted by Crippen LogP contribution is -2.07. The first kappa shape index (κ1) is 12.8. The zero-order valence-corrected chi connectivity index (χ0v) is 11.6. The highest BCUT2D eigenvalue weighted by Crippen LogP contribution is 2.21. The Morgan fingerprint density at radius 1 is 1.22 bits per heavy atom. The van der Waals surface area contributed by atoms with E-state index in [4.69, 9.17) is 5.73 Å². The van der Waals surface area contributed by atoms with Crippen molar-refractivity contribution in [2.75, 3.05) is 0 Å². The van der Waals surface area contributed by atoms with Gasteiger partial charge in [-0.2, -0.15) is 5.10 Å². The molecule has 0 amide bonds. The highest BCUT2D eigenvalue weighted by atomic mass is 15.3. The number of benzene rings is 1. The zero-order chi connectivity index (χ0) is 13.3. The van der Waals surface area contributed by atoms with E-state index in [-0.39, 0.29) is 0 Å². The molecule has 0 aliphatic carbocycles. The Bertz CT molecular complexity index is 567. The fourth-order valence-electron chi connectivity index (χ4n) is 2.51. The molecule has 0 spiro atoms. The second-order valence-corrected chi connectivity index (χ2v) is 4.75. The third kappa shape index (κ3) is 2.06. The maximum absolute atomic E-state index is 5.84. The summed E-state index contributed by atoms with van der Waals surface area (Å²) in [6.07, 6.45) is 1.02. The van der Waals surface area contributed by atoms with Gasteiger partial charge in [-0.05, 0) is 44.4 Å². The Morgan fingerprint density at radius 2 is 1.94 bits per heavy atom. The van der Waals surface area contributed by atoms with Crippen molar-refractivity contribution in [3.63, 3.8) is 0 Å². The molecule has 0 atom stereocenters. The molecule has 0 saturated carbocycles. The quantitative estimate of drug-likeness (QED) is 0.901. The summed E-state index contributed by atoms with van der Waals surface area (Å²) in [6.45, 7) is 8.98. The van der Waals surface area contributed by atoms with E-state index in [1.54, 1.807) is 0 Å². The van der Waals surface area contributed by atoms with Gasteiger partial charge >= 0.3 is 0 Å². The maximum Gasteiger partial charge on any atom is 0.0693 e. The first-order chi connectivity index (χ1) is 8.58. The van der Waals surface area contributed by atoms with E-state index in [1.165, 1.54) is 16.8 Å². The van der Waals surface area contributed by atoms with Crippen molar-refractivity contribution in [1.82, 2.24) is 9.78 Å². The summed E-state index contributed by atoms with van der Waals surface area (Å²) in [5.41, 5.74) is 13.0. The van der Waals surface area contributed by atoms with Gasteiger partial charge in [-0.1, -0.05) is 24.6 Å². The van der Waals surface area contributed by atoms with Crippen molar-refractivity contribution in [2.45, 2.75) is 40.7 Å². The van der Waals surface area contributed by atoms with Crippen LogP contribution in [0, 0.1) is 20.8 Å². The molecule has 2 rings (SSSR count). The molecule has 1 aromatic heterocycles. The molecule has 2 aromatic rings. The molecule has 96 valence electrons. The third-order valence-electron chi connectivity index (χ3n) is 3.48. The molecule has 0 unspecified atom stereocenters. The Morgan fingerprint density at radius 3 is 2.50 bits per heavy atom. The van der Waals surface area contributed by atoms with Crippen LogP contribution in [0.25, 0.3) is 5.69 Å². The molecular formula is C15H21N3. The molecule has 0 bridgehead atoms. The molecule has 0 aliphatic rings. The maximum atomic E-state index is 5.84. The predicted octanol–water partition coefficient (Wildman–Crippen LogP) is 2.82. The Hall–Kier alpha value is -1.61. The molecule has 0 saturated heterocycles. The summed E-state index contributed by atoms with van der Waals surface area (Å²) in [5, 5.41) is 4.65. The third-order valence-corrected chi connectivity index (χ3v) is 3.48. The lowest BCUT2D eigenvalue weighted by Gasteiger charge is -2.11. The normalized spacial score (nSPS) is 10.9. The average Bonchev–Trinajstić information content (AvgIpc) is 2.64. The molecule has 1 aromatic carbocycles. The molecule has 0 fully saturated rings. The van der Waals surface area contributed by atoms with Crippen LogP contribution in [0.4, 0.5) is 0 Å². The molecule has 18 heavy (non-hydrogen) atoms. The lowest BCUT2D eigenvalue weighted by atomic mass is 10.1. The molecule has 2 N–H and O–H groups in total. The fourth-order valence-corrected chi connectivity index (χ4v) is 2.51. The van der Waals surface area contributed by atoms with Gasteiger partial charge in [0.2, 0.25) is 0 Å². The first-order valence-electron chi connectivity index (χ1n) is 6.43. The highest BCUT2D eigenvalue weighted by molar-refractivity contribution is 5.45. The molecule has 3 heteroatoms. The summed E-state index contributed by atoms with van der Waals surface area (Å²) in [5.74, 6) is 0. The van der Waals surface area contributed by atoms with Gasteiger partial charge in [0.25, 0.3) is 0 Å². The number of hydrogen-bond acceptors (Lipinski definition) is 2. The topological polar surface area (TPSA) is 43.8 Å². The number of nitrogens with zero attached hydrogens (tertiary/aromatic N) is 2. The average molecular weight is 243 g/mol. The largest absolute Gasteiger partial charge is 0.326 e. The SMILES string of the molecule is CCc1c(C)nn(-c2ccc(C)cc2CN)c1C.